The van der Waals surface area contributed by atoms with Crippen LogP contribution in [0.2, 0.25) is 0 Å². The number of rotatable bonds is 3. The van der Waals surface area contributed by atoms with E-state index in [-0.39, 0.29) is 0 Å². The van der Waals surface area contributed by atoms with Crippen molar-refractivity contribution in [1.29, 1.82) is 0 Å². The number of fused-ring (bicyclic) bond motifs is 1. The molecule has 0 spiro atoms. The molecule has 0 fully saturated rings. The lowest BCUT2D eigenvalue weighted by Crippen LogP contribution is -2.23. The van der Waals surface area contributed by atoms with Gasteiger partial charge in [-0.2, -0.15) is 0 Å². The molecule has 0 saturated heterocycles. The van der Waals surface area contributed by atoms with Crippen LogP contribution in [0.3, 0.4) is 0 Å². The quantitative estimate of drug-likeness (QED) is 0.618. The van der Waals surface area contributed by atoms with Gasteiger partial charge in [-0.15, -0.1) is 0 Å². The molecular weight excluding hydrogens is 298 g/mol. The molecule has 0 saturated carbocycles. The standard InChI is InChI=1S/C21H18NS/c1-3-9-17(10-4-1)15-22-16-19-13-7-8-14-20(19)23-21(22)18-11-5-2-6-12-18/h1-14H,15-16H2/q+1. The van der Waals surface area contributed by atoms with Crippen LogP contribution in [-0.4, -0.2) is 9.62 Å². The summed E-state index contributed by atoms with van der Waals surface area (Å²) in [6.07, 6.45) is 0. The van der Waals surface area contributed by atoms with E-state index in [1.165, 1.54) is 26.6 Å². The number of hydrogen-bond acceptors (Lipinski definition) is 1. The second-order valence-corrected chi connectivity index (χ2v) is 6.75. The molecule has 2 heteroatoms. The summed E-state index contributed by atoms with van der Waals surface area (Å²) in [4.78, 5) is 1.37. The van der Waals surface area contributed by atoms with Crippen molar-refractivity contribution in [3.8, 4) is 0 Å². The summed E-state index contributed by atoms with van der Waals surface area (Å²) < 4.78 is 2.48. The monoisotopic (exact) mass is 316 g/mol. The zero-order valence-electron chi connectivity index (χ0n) is 12.9. The number of nitrogens with zero attached hydrogens (tertiary/aromatic N) is 1. The first-order valence-electron chi connectivity index (χ1n) is 7.87. The summed E-state index contributed by atoms with van der Waals surface area (Å²) in [5, 5.41) is 1.34. The molecule has 23 heavy (non-hydrogen) atoms. The fourth-order valence-corrected chi connectivity index (χ4v) is 4.06. The van der Waals surface area contributed by atoms with Gasteiger partial charge in [0, 0.05) is 16.0 Å². The molecule has 3 aromatic rings. The molecule has 0 atom stereocenters. The SMILES string of the molecule is c1ccc(C[N+]2=C(c3ccccc3)Sc3ccccc3C2)cc1. The van der Waals surface area contributed by atoms with Crippen molar-refractivity contribution in [1.82, 2.24) is 0 Å². The van der Waals surface area contributed by atoms with Gasteiger partial charge in [-0.3, -0.25) is 0 Å². The maximum atomic E-state index is 2.48. The summed E-state index contributed by atoms with van der Waals surface area (Å²) in [5.74, 6) is 0. The van der Waals surface area contributed by atoms with Crippen molar-refractivity contribution >= 4 is 16.8 Å². The Bertz CT molecular complexity index is 838. The Morgan fingerprint density at radius 3 is 2.17 bits per heavy atom. The molecule has 1 nitrogen and oxygen atoms in total. The highest BCUT2D eigenvalue weighted by atomic mass is 32.2. The molecule has 0 radical (unpaired) electrons. The average Bonchev–Trinajstić information content (AvgIpc) is 2.63. The van der Waals surface area contributed by atoms with E-state index in [2.05, 4.69) is 89.5 Å². The Kier molecular flexibility index (Phi) is 3.99. The second-order valence-electron chi connectivity index (χ2n) is 5.72. The van der Waals surface area contributed by atoms with Gasteiger partial charge >= 0.3 is 0 Å². The first kappa shape index (κ1) is 14.3. The molecule has 0 N–H and O–H groups in total. The third-order valence-corrected chi connectivity index (χ3v) is 5.37. The fourth-order valence-electron chi connectivity index (χ4n) is 2.93. The van der Waals surface area contributed by atoms with E-state index >= 15 is 0 Å². The van der Waals surface area contributed by atoms with Gasteiger partial charge in [0.1, 0.15) is 0 Å². The normalized spacial score (nSPS) is 13.7. The largest absolute Gasteiger partial charge is 0.247 e. The maximum Gasteiger partial charge on any atom is 0.247 e. The molecule has 0 aliphatic carbocycles. The van der Waals surface area contributed by atoms with Crippen LogP contribution in [0.4, 0.5) is 0 Å². The fraction of sp³-hybridized carbons (Fsp3) is 0.0952. The molecule has 1 aliphatic rings. The summed E-state index contributed by atoms with van der Waals surface area (Å²) in [6.45, 7) is 1.90. The zero-order valence-corrected chi connectivity index (χ0v) is 13.7. The lowest BCUT2D eigenvalue weighted by Gasteiger charge is -2.18. The van der Waals surface area contributed by atoms with E-state index in [1.54, 1.807) is 0 Å². The molecule has 112 valence electrons. The minimum Gasteiger partial charge on any atom is -0.215 e. The maximum absolute atomic E-state index is 2.48. The minimum atomic E-state index is 0.937. The van der Waals surface area contributed by atoms with Crippen LogP contribution in [0.15, 0.2) is 89.8 Å². The third kappa shape index (κ3) is 3.08. The van der Waals surface area contributed by atoms with Gasteiger partial charge in [0.15, 0.2) is 13.1 Å². The Morgan fingerprint density at radius 2 is 1.39 bits per heavy atom. The van der Waals surface area contributed by atoms with Crippen LogP contribution in [0.25, 0.3) is 0 Å². The predicted molar refractivity (Wildman–Crippen MR) is 97.0 cm³/mol. The van der Waals surface area contributed by atoms with E-state index in [4.69, 9.17) is 0 Å². The van der Waals surface area contributed by atoms with E-state index in [0.717, 1.165) is 13.1 Å². The molecule has 3 aromatic carbocycles. The summed E-state index contributed by atoms with van der Waals surface area (Å²) in [6, 6.07) is 30.1. The van der Waals surface area contributed by atoms with Crippen LogP contribution in [0.1, 0.15) is 16.7 Å². The van der Waals surface area contributed by atoms with Crippen molar-refractivity contribution in [2.24, 2.45) is 0 Å². The van der Waals surface area contributed by atoms with E-state index in [0.29, 0.717) is 0 Å². The van der Waals surface area contributed by atoms with Gasteiger partial charge in [0.25, 0.3) is 0 Å². The number of benzene rings is 3. The first-order valence-corrected chi connectivity index (χ1v) is 8.69. The van der Waals surface area contributed by atoms with Crippen LogP contribution in [-0.2, 0) is 13.1 Å². The van der Waals surface area contributed by atoms with Crippen LogP contribution >= 0.6 is 11.8 Å². The van der Waals surface area contributed by atoms with E-state index < -0.39 is 0 Å². The molecule has 0 aromatic heterocycles. The predicted octanol–water partition coefficient (Wildman–Crippen LogP) is 4.95. The highest BCUT2D eigenvalue weighted by Gasteiger charge is 2.26. The number of hydrogen-bond donors (Lipinski definition) is 0. The first-order chi connectivity index (χ1) is 11.4. The van der Waals surface area contributed by atoms with E-state index in [1.807, 2.05) is 11.8 Å². The Balaban J connectivity index is 1.77. The molecular formula is C21H18NS+. The summed E-state index contributed by atoms with van der Waals surface area (Å²) in [7, 11) is 0. The summed E-state index contributed by atoms with van der Waals surface area (Å²) >= 11 is 1.88. The van der Waals surface area contributed by atoms with Crippen molar-refractivity contribution in [2.45, 2.75) is 18.0 Å². The molecule has 1 aliphatic heterocycles. The molecule has 0 amide bonds. The van der Waals surface area contributed by atoms with Gasteiger partial charge in [-0.05, 0) is 30.0 Å². The van der Waals surface area contributed by atoms with Crippen molar-refractivity contribution in [3.05, 3.63) is 102 Å². The van der Waals surface area contributed by atoms with Gasteiger partial charge in [0.05, 0.1) is 5.56 Å². The zero-order chi connectivity index (χ0) is 15.5. The Morgan fingerprint density at radius 1 is 0.739 bits per heavy atom. The van der Waals surface area contributed by atoms with Crippen LogP contribution in [0.5, 0.6) is 0 Å². The van der Waals surface area contributed by atoms with Gasteiger partial charge < -0.3 is 0 Å². The highest BCUT2D eigenvalue weighted by Crippen LogP contribution is 2.32. The van der Waals surface area contributed by atoms with Gasteiger partial charge in [0.2, 0.25) is 5.04 Å². The molecule has 4 rings (SSSR count). The van der Waals surface area contributed by atoms with Gasteiger partial charge in [-0.1, -0.05) is 66.7 Å². The molecule has 0 bridgehead atoms. The van der Waals surface area contributed by atoms with Crippen molar-refractivity contribution in [2.75, 3.05) is 0 Å². The lowest BCUT2D eigenvalue weighted by molar-refractivity contribution is -0.558. The minimum absolute atomic E-state index is 0.937. The number of thioether (sulfide) groups is 1. The summed E-state index contributed by atoms with van der Waals surface area (Å²) in [5.41, 5.74) is 4.05. The second kappa shape index (κ2) is 6.43. The lowest BCUT2D eigenvalue weighted by atomic mass is 10.1. The topological polar surface area (TPSA) is 3.01 Å². The van der Waals surface area contributed by atoms with Crippen LogP contribution in [0, 0.1) is 0 Å². The average molecular weight is 316 g/mol. The van der Waals surface area contributed by atoms with Crippen molar-refractivity contribution in [3.63, 3.8) is 0 Å². The highest BCUT2D eigenvalue weighted by molar-refractivity contribution is 8.14. The smallest absolute Gasteiger partial charge is 0.215 e. The van der Waals surface area contributed by atoms with Gasteiger partial charge in [-0.25, -0.2) is 4.58 Å². The third-order valence-electron chi connectivity index (χ3n) is 4.06. The Labute approximate surface area is 141 Å². The van der Waals surface area contributed by atoms with Crippen LogP contribution < -0.4 is 0 Å². The van der Waals surface area contributed by atoms with E-state index in [9.17, 15) is 0 Å². The molecule has 0 unspecified atom stereocenters. The van der Waals surface area contributed by atoms with Crippen molar-refractivity contribution < 1.29 is 4.58 Å². The Hall–Kier alpha value is -2.32. The molecule has 1 heterocycles.